The largest absolute Gasteiger partial charge is 0.226 e. The number of aryl methyl sites for hydroxylation is 14. The van der Waals surface area contributed by atoms with Crippen molar-refractivity contribution < 1.29 is 32.7 Å². The molecule has 11 rings (SSSR count). The van der Waals surface area contributed by atoms with Crippen molar-refractivity contribution in [1.82, 2.24) is 0 Å². The van der Waals surface area contributed by atoms with E-state index in [2.05, 4.69) is 315 Å². The number of fused-ring (bicyclic) bond motifs is 3. The Balaban J connectivity index is -0.000000148. The Morgan fingerprint density at radius 3 is 0.787 bits per heavy atom. The number of rotatable bonds is 1. The van der Waals surface area contributed by atoms with E-state index in [1.165, 1.54) is 110 Å². The van der Waals surface area contributed by atoms with Gasteiger partial charge in [0.05, 0.1) is 0 Å². The molecule has 11 aromatic carbocycles. The van der Waals surface area contributed by atoms with E-state index in [1.807, 2.05) is 123 Å². The van der Waals surface area contributed by atoms with Gasteiger partial charge >= 0.3 is 0 Å². The summed E-state index contributed by atoms with van der Waals surface area (Å²) in [5.41, 5.74) is 20.8. The molecule has 0 aliphatic rings. The van der Waals surface area contributed by atoms with Crippen molar-refractivity contribution in [2.45, 2.75) is 230 Å². The van der Waals surface area contributed by atoms with Crippen molar-refractivity contribution in [1.29, 1.82) is 0 Å². The van der Waals surface area contributed by atoms with Crippen molar-refractivity contribution in [3.63, 3.8) is 0 Å². The van der Waals surface area contributed by atoms with Crippen LogP contribution in [0, 0.1) is 109 Å². The molecule has 0 aromatic heterocycles. The fourth-order valence-electron chi connectivity index (χ4n) is 8.22. The van der Waals surface area contributed by atoms with Crippen LogP contribution in [0.2, 0.25) is 0 Å². The molecule has 1 heteroatoms. The molecule has 0 fully saturated rings. The summed E-state index contributed by atoms with van der Waals surface area (Å²) in [6.45, 7) is 61.6. The Morgan fingerprint density at radius 2 is 0.479 bits per heavy atom. The van der Waals surface area contributed by atoms with Gasteiger partial charge in [-0.3, -0.25) is 0 Å². The first-order valence-electron chi connectivity index (χ1n) is 33.9. The van der Waals surface area contributed by atoms with Crippen molar-refractivity contribution in [3.05, 3.63) is 308 Å². The summed E-state index contributed by atoms with van der Waals surface area (Å²) in [5, 5.41) is 8.12. The summed E-state index contributed by atoms with van der Waals surface area (Å²) in [6.07, 6.45) is 0. The predicted octanol–water partition coefficient (Wildman–Crippen LogP) is 31.0. The first-order chi connectivity index (χ1) is 43.4. The molecule has 0 atom stereocenters. The Kier molecular flexibility index (Phi) is 73.0. The third-order valence-electron chi connectivity index (χ3n) is 12.8. The van der Waals surface area contributed by atoms with Crippen LogP contribution in [0.5, 0.6) is 0 Å². The van der Waals surface area contributed by atoms with Crippen LogP contribution in [0.3, 0.4) is 0 Å². The van der Waals surface area contributed by atoms with Gasteiger partial charge in [-0.2, -0.15) is 48.5 Å². The zero-order chi connectivity index (χ0) is 69.6. The molecule has 0 bridgehead atoms. The zero-order valence-electron chi connectivity index (χ0n) is 63.4. The molecule has 1 radical (unpaired) electrons. The Bertz CT molecular complexity index is 3260. The topological polar surface area (TPSA) is 0 Å². The van der Waals surface area contributed by atoms with Crippen LogP contribution in [0.25, 0.3) is 43.4 Å². The van der Waals surface area contributed by atoms with Gasteiger partial charge in [-0.25, -0.2) is 11.1 Å². The molecule has 0 aliphatic heterocycles. The molecule has 0 unspecified atom stereocenters. The third kappa shape index (κ3) is 44.1. The second-order valence-corrected chi connectivity index (χ2v) is 19.9. The van der Waals surface area contributed by atoms with Crippen LogP contribution in [-0.2, 0) is 32.7 Å². The van der Waals surface area contributed by atoms with Gasteiger partial charge in [0.2, 0.25) is 0 Å². The van der Waals surface area contributed by atoms with Crippen molar-refractivity contribution in [2.24, 2.45) is 0 Å². The molecule has 515 valence electrons. The SMILES string of the molecule is C.C.C.CC.CC.CC.CC.CC.CC.CC.CC.Cc1c[c-]c(-c2[c-]cc(C)cc2)cc1.Cc1cc(C)c2ccccc2c1.Cc1ccc(C)c2ccccc12.Cc1ccc(C)cc1.Cc1ccc2cc(C)ccc2c1.Cc1cccc(C)c1.Cc1ccccc1C.[Y]. The molecule has 11 aromatic rings. The molecule has 0 amide bonds. The molecule has 0 aliphatic carbocycles. The van der Waals surface area contributed by atoms with Crippen molar-refractivity contribution in [3.8, 4) is 11.1 Å². The van der Waals surface area contributed by atoms with Crippen molar-refractivity contribution in [2.75, 3.05) is 0 Å². The van der Waals surface area contributed by atoms with Gasteiger partial charge in [-0.15, -0.1) is 11.1 Å². The summed E-state index contributed by atoms with van der Waals surface area (Å²) in [5.74, 6) is 0. The number of benzene rings is 11. The Morgan fingerprint density at radius 1 is 0.191 bits per heavy atom. The van der Waals surface area contributed by atoms with Crippen LogP contribution in [0.4, 0.5) is 0 Å². The minimum atomic E-state index is 0. The first kappa shape index (κ1) is 103. The van der Waals surface area contributed by atoms with Gasteiger partial charge in [0.1, 0.15) is 0 Å². The number of hydrogen-bond donors (Lipinski definition) is 0. The first-order valence-corrected chi connectivity index (χ1v) is 33.9. The van der Waals surface area contributed by atoms with E-state index in [-0.39, 0.29) is 55.0 Å². The average Bonchev–Trinajstić information content (AvgIpc) is 0.874. The molecule has 94 heavy (non-hydrogen) atoms. The fourth-order valence-corrected chi connectivity index (χ4v) is 8.22. The van der Waals surface area contributed by atoms with Crippen LogP contribution in [0.1, 0.15) is 211 Å². The van der Waals surface area contributed by atoms with E-state index in [1.54, 1.807) is 0 Å². The van der Waals surface area contributed by atoms with Gasteiger partial charge in [0.25, 0.3) is 0 Å². The molecule has 0 N–H and O–H groups in total. The summed E-state index contributed by atoms with van der Waals surface area (Å²) in [4.78, 5) is 0. The normalized spacial score (nSPS) is 8.40. The maximum Gasteiger partial charge on any atom is 0 e. The minimum absolute atomic E-state index is 0. The standard InChI is InChI=1S/C14H12.3C12H12.3C8H10.8C2H6.3CH4.Y/c1-11-3-7-13(8-4-11)14-9-5-12(2)6-10-14;1-9-3-5-12-8-10(2)4-6-11(12)7-9;1-9-7-10(2)12-6-4-3-5-11(12)8-9;1-9-7-8-10(2)12-6-4-3-5-11(9)12;1-7-3-5-8(2)6-4-7;1-7-4-3-5-8(2)6-7;1-7-5-3-4-6-8(7)2;8*1-2;;;;/h3-7,9H,1-2H3;3*3-8H,1-2H3;3*3-6H,1-2H3;8*1-2H3;3*1H4;/q-2;;;;;;;;;;;;;;;;;;. The number of hydrogen-bond acceptors (Lipinski definition) is 0. The maximum atomic E-state index is 3.24. The quantitative estimate of drug-likeness (QED) is 0.144. The fraction of sp³-hybridized carbons (Fsp3) is 0.355. The minimum Gasteiger partial charge on any atom is -0.226 e. The smallest absolute Gasteiger partial charge is 0 e. The third-order valence-corrected chi connectivity index (χ3v) is 12.8. The molecule has 0 nitrogen and oxygen atoms in total. The Hall–Kier alpha value is -6.70. The van der Waals surface area contributed by atoms with Gasteiger partial charge in [0.15, 0.2) is 0 Å². The Labute approximate surface area is 609 Å². The van der Waals surface area contributed by atoms with Crippen molar-refractivity contribution >= 4 is 32.3 Å². The maximum absolute atomic E-state index is 3.24. The summed E-state index contributed by atoms with van der Waals surface area (Å²) >= 11 is 0. The molecule has 0 heterocycles. The van der Waals surface area contributed by atoms with Crippen LogP contribution in [-0.4, -0.2) is 0 Å². The second-order valence-electron chi connectivity index (χ2n) is 19.9. The van der Waals surface area contributed by atoms with Gasteiger partial charge < -0.3 is 0 Å². The second kappa shape index (κ2) is 66.3. The summed E-state index contributed by atoms with van der Waals surface area (Å²) < 4.78 is 0. The zero-order valence-corrected chi connectivity index (χ0v) is 66.2. The van der Waals surface area contributed by atoms with E-state index < -0.39 is 0 Å². The summed E-state index contributed by atoms with van der Waals surface area (Å²) in [7, 11) is 0. The molecular weight excluding hydrogens is 1210 g/mol. The van der Waals surface area contributed by atoms with E-state index in [4.69, 9.17) is 0 Å². The van der Waals surface area contributed by atoms with Gasteiger partial charge in [-0.05, 0) is 143 Å². The van der Waals surface area contributed by atoms with Crippen LogP contribution < -0.4 is 0 Å². The average molecular weight is 1350 g/mol. The van der Waals surface area contributed by atoms with E-state index in [9.17, 15) is 0 Å². The van der Waals surface area contributed by atoms with Gasteiger partial charge in [-0.1, -0.05) is 368 Å². The molecular formula is C93H138Y-2. The molecule has 0 saturated carbocycles. The summed E-state index contributed by atoms with van der Waals surface area (Å²) in [6, 6.07) is 83.1. The van der Waals surface area contributed by atoms with Crippen LogP contribution in [0.15, 0.2) is 218 Å². The predicted molar refractivity (Wildman–Crippen MR) is 438 cm³/mol. The molecule has 0 spiro atoms. The van der Waals surface area contributed by atoms with E-state index in [0.29, 0.717) is 0 Å². The van der Waals surface area contributed by atoms with Gasteiger partial charge in [0, 0.05) is 32.7 Å². The van der Waals surface area contributed by atoms with Crippen LogP contribution >= 0.6 is 0 Å². The van der Waals surface area contributed by atoms with E-state index in [0.717, 1.165) is 11.1 Å². The molecule has 0 saturated heterocycles. The monoisotopic (exact) mass is 1340 g/mol. The van der Waals surface area contributed by atoms with E-state index >= 15 is 0 Å².